The molecule has 1 fully saturated rings. The summed E-state index contributed by atoms with van der Waals surface area (Å²) in [6.07, 6.45) is 1.93. The second-order valence-electron chi connectivity index (χ2n) is 6.96. The molecule has 7 heteroatoms. The van der Waals surface area contributed by atoms with Gasteiger partial charge in [-0.1, -0.05) is 0 Å². The molecule has 0 atom stereocenters. The number of benzene rings is 1. The smallest absolute Gasteiger partial charge is 0.272 e. The van der Waals surface area contributed by atoms with Crippen LogP contribution in [0.2, 0.25) is 0 Å². The second kappa shape index (κ2) is 6.48. The van der Waals surface area contributed by atoms with E-state index in [0.717, 1.165) is 35.5 Å². The van der Waals surface area contributed by atoms with Crippen LogP contribution in [0.15, 0.2) is 24.3 Å². The number of hydrogen-bond acceptors (Lipinski definition) is 4. The van der Waals surface area contributed by atoms with Crippen molar-refractivity contribution in [2.45, 2.75) is 26.3 Å². The molecule has 0 unspecified atom stereocenters. The zero-order valence-electron chi connectivity index (χ0n) is 15.0. The third-order valence-electron chi connectivity index (χ3n) is 4.76. The lowest BCUT2D eigenvalue weighted by Gasteiger charge is -2.20. The number of anilines is 1. The summed E-state index contributed by atoms with van der Waals surface area (Å²) in [6, 6.07) is 7.40. The molecule has 4 rings (SSSR count). The maximum atomic E-state index is 12.9. The van der Waals surface area contributed by atoms with Gasteiger partial charge < -0.3 is 15.0 Å². The Balaban J connectivity index is 1.55. The molecule has 0 radical (unpaired) electrons. The molecule has 2 amide bonds. The molecule has 2 aromatic rings. The summed E-state index contributed by atoms with van der Waals surface area (Å²) < 4.78 is 7.40. The van der Waals surface area contributed by atoms with Crippen molar-refractivity contribution in [2.75, 3.05) is 18.5 Å². The third kappa shape index (κ3) is 3.29. The number of hydrogen-bond donors (Lipinski definition) is 1. The van der Waals surface area contributed by atoms with Gasteiger partial charge in [-0.05, 0) is 44.0 Å². The predicted octanol–water partition coefficient (Wildman–Crippen LogP) is 2.11. The standard InChI is InChI=1S/C19H22N4O3/c1-12-9-16(22(2)21-12)19(25)23-7-8-26-17-6-5-15(10-14(17)11-23)20-18(24)13-3-4-13/h5-6,9-10,13H,3-4,7-8,11H2,1-2H3,(H,20,24). The monoisotopic (exact) mass is 354 g/mol. The molecular weight excluding hydrogens is 332 g/mol. The maximum Gasteiger partial charge on any atom is 0.272 e. The minimum atomic E-state index is -0.0723. The van der Waals surface area contributed by atoms with Gasteiger partial charge in [0.25, 0.3) is 5.91 Å². The van der Waals surface area contributed by atoms with Crippen LogP contribution in [0.4, 0.5) is 5.69 Å². The molecule has 2 heterocycles. The normalized spacial score (nSPS) is 16.5. The molecule has 136 valence electrons. The number of carbonyl (C=O) groups excluding carboxylic acids is 2. The zero-order valence-corrected chi connectivity index (χ0v) is 15.0. The quantitative estimate of drug-likeness (QED) is 0.916. The van der Waals surface area contributed by atoms with Crippen LogP contribution in [0, 0.1) is 12.8 Å². The number of rotatable bonds is 3. The molecular formula is C19H22N4O3. The molecule has 1 saturated carbocycles. The Morgan fingerprint density at radius 3 is 2.77 bits per heavy atom. The summed E-state index contributed by atoms with van der Waals surface area (Å²) in [5, 5.41) is 7.20. The van der Waals surface area contributed by atoms with Gasteiger partial charge in [0.05, 0.1) is 12.2 Å². The van der Waals surface area contributed by atoms with Gasteiger partial charge in [0.2, 0.25) is 5.91 Å². The van der Waals surface area contributed by atoms with Crippen molar-refractivity contribution < 1.29 is 14.3 Å². The van der Waals surface area contributed by atoms with E-state index in [0.29, 0.717) is 25.4 Å². The second-order valence-corrected chi connectivity index (χ2v) is 6.96. The van der Waals surface area contributed by atoms with Gasteiger partial charge in [0.1, 0.15) is 18.1 Å². The molecule has 1 aromatic heterocycles. The highest BCUT2D eigenvalue weighted by Gasteiger charge is 2.30. The van der Waals surface area contributed by atoms with Gasteiger partial charge in [-0.15, -0.1) is 0 Å². The van der Waals surface area contributed by atoms with E-state index < -0.39 is 0 Å². The summed E-state index contributed by atoms with van der Waals surface area (Å²) in [6.45, 7) is 3.24. The molecule has 1 N–H and O–H groups in total. The van der Waals surface area contributed by atoms with Gasteiger partial charge in [-0.2, -0.15) is 5.10 Å². The molecule has 1 aromatic carbocycles. The van der Waals surface area contributed by atoms with E-state index in [2.05, 4.69) is 10.4 Å². The molecule has 0 bridgehead atoms. The Bertz CT molecular complexity index is 870. The van der Waals surface area contributed by atoms with E-state index >= 15 is 0 Å². The summed E-state index contributed by atoms with van der Waals surface area (Å²) in [4.78, 5) is 26.6. The van der Waals surface area contributed by atoms with Crippen LogP contribution in [0.5, 0.6) is 5.75 Å². The topological polar surface area (TPSA) is 76.5 Å². The predicted molar refractivity (Wildman–Crippen MR) is 96.0 cm³/mol. The van der Waals surface area contributed by atoms with E-state index in [1.165, 1.54) is 0 Å². The molecule has 26 heavy (non-hydrogen) atoms. The minimum absolute atomic E-state index is 0.0674. The average Bonchev–Trinajstić information content (AvgIpc) is 3.41. The van der Waals surface area contributed by atoms with Crippen molar-refractivity contribution in [1.82, 2.24) is 14.7 Å². The van der Waals surface area contributed by atoms with Crippen LogP contribution in [-0.2, 0) is 18.4 Å². The first kappa shape index (κ1) is 16.6. The Labute approximate surface area is 151 Å². The molecule has 7 nitrogen and oxygen atoms in total. The van der Waals surface area contributed by atoms with Crippen LogP contribution in [0.3, 0.4) is 0 Å². The highest BCUT2D eigenvalue weighted by Crippen LogP contribution is 2.32. The fourth-order valence-corrected chi connectivity index (χ4v) is 3.21. The Hall–Kier alpha value is -2.83. The van der Waals surface area contributed by atoms with Crippen molar-refractivity contribution in [3.05, 3.63) is 41.2 Å². The van der Waals surface area contributed by atoms with Crippen molar-refractivity contribution in [3.8, 4) is 5.75 Å². The summed E-state index contributed by atoms with van der Waals surface area (Å²) >= 11 is 0. The summed E-state index contributed by atoms with van der Waals surface area (Å²) in [5.41, 5.74) is 3.01. The van der Waals surface area contributed by atoms with Crippen molar-refractivity contribution in [2.24, 2.45) is 13.0 Å². The van der Waals surface area contributed by atoms with Crippen LogP contribution < -0.4 is 10.1 Å². The molecule has 1 aliphatic carbocycles. The fraction of sp³-hybridized carbons (Fsp3) is 0.421. The van der Waals surface area contributed by atoms with Gasteiger partial charge in [0.15, 0.2) is 0 Å². The van der Waals surface area contributed by atoms with Crippen LogP contribution >= 0.6 is 0 Å². The van der Waals surface area contributed by atoms with Crippen molar-refractivity contribution >= 4 is 17.5 Å². The molecule has 2 aliphatic rings. The van der Waals surface area contributed by atoms with Gasteiger partial charge in [-0.25, -0.2) is 0 Å². The number of carbonyl (C=O) groups is 2. The van der Waals surface area contributed by atoms with Crippen LogP contribution in [-0.4, -0.2) is 39.6 Å². The van der Waals surface area contributed by atoms with Gasteiger partial charge in [-0.3, -0.25) is 14.3 Å². The minimum Gasteiger partial charge on any atom is -0.491 e. The number of fused-ring (bicyclic) bond motifs is 1. The lowest BCUT2D eigenvalue weighted by molar-refractivity contribution is -0.117. The SMILES string of the molecule is Cc1cc(C(=O)N2CCOc3ccc(NC(=O)C4CC4)cc3C2)n(C)n1. The Kier molecular flexibility index (Phi) is 4.14. The van der Waals surface area contributed by atoms with Crippen molar-refractivity contribution in [3.63, 3.8) is 0 Å². The summed E-state index contributed by atoms with van der Waals surface area (Å²) in [5.74, 6) is 0.900. The number of nitrogens with zero attached hydrogens (tertiary/aromatic N) is 3. The van der Waals surface area contributed by atoms with Gasteiger partial charge in [0, 0.05) is 30.8 Å². The zero-order chi connectivity index (χ0) is 18.3. The molecule has 0 spiro atoms. The lowest BCUT2D eigenvalue weighted by atomic mass is 10.1. The number of aromatic nitrogens is 2. The first-order valence-electron chi connectivity index (χ1n) is 8.88. The number of aryl methyl sites for hydroxylation is 2. The first-order chi connectivity index (χ1) is 12.5. The van der Waals surface area contributed by atoms with Crippen LogP contribution in [0.25, 0.3) is 0 Å². The third-order valence-corrected chi connectivity index (χ3v) is 4.76. The number of ether oxygens (including phenoxy) is 1. The van der Waals surface area contributed by atoms with E-state index in [9.17, 15) is 9.59 Å². The highest BCUT2D eigenvalue weighted by atomic mass is 16.5. The van der Waals surface area contributed by atoms with E-state index in [1.807, 2.05) is 25.1 Å². The van der Waals surface area contributed by atoms with Gasteiger partial charge >= 0.3 is 0 Å². The van der Waals surface area contributed by atoms with Crippen molar-refractivity contribution in [1.29, 1.82) is 0 Å². The average molecular weight is 354 g/mol. The maximum absolute atomic E-state index is 12.9. The lowest BCUT2D eigenvalue weighted by Crippen LogP contribution is -2.33. The van der Waals surface area contributed by atoms with E-state index in [4.69, 9.17) is 4.74 Å². The van der Waals surface area contributed by atoms with Crippen LogP contribution in [0.1, 0.15) is 34.6 Å². The Morgan fingerprint density at radius 2 is 2.08 bits per heavy atom. The molecule has 0 saturated heterocycles. The van der Waals surface area contributed by atoms with E-state index in [1.54, 1.807) is 22.7 Å². The largest absolute Gasteiger partial charge is 0.491 e. The molecule has 1 aliphatic heterocycles. The summed E-state index contributed by atoms with van der Waals surface area (Å²) in [7, 11) is 1.77. The fourth-order valence-electron chi connectivity index (χ4n) is 3.21. The first-order valence-corrected chi connectivity index (χ1v) is 8.88. The number of amides is 2. The number of nitrogens with one attached hydrogen (secondary N) is 1. The van der Waals surface area contributed by atoms with E-state index in [-0.39, 0.29) is 17.7 Å². The Morgan fingerprint density at radius 1 is 1.27 bits per heavy atom. The highest BCUT2D eigenvalue weighted by molar-refractivity contribution is 5.94.